The molecule has 0 saturated heterocycles. The lowest BCUT2D eigenvalue weighted by Crippen LogP contribution is -2.24. The van der Waals surface area contributed by atoms with Crippen LogP contribution in [0.4, 0.5) is 4.39 Å². The second kappa shape index (κ2) is 8.56. The van der Waals surface area contributed by atoms with E-state index in [2.05, 4.69) is 9.72 Å². The maximum Gasteiger partial charge on any atom is 0.305 e. The van der Waals surface area contributed by atoms with Crippen LogP contribution in [0.15, 0.2) is 47.3 Å². The monoisotopic (exact) mass is 382 g/mol. The molecule has 28 heavy (non-hydrogen) atoms. The number of ether oxygens (including phenoxy) is 1. The van der Waals surface area contributed by atoms with E-state index in [-0.39, 0.29) is 17.9 Å². The van der Waals surface area contributed by atoms with Crippen LogP contribution in [0.25, 0.3) is 16.6 Å². The maximum atomic E-state index is 13.3. The number of nitrogens with zero attached hydrogens (tertiary/aromatic N) is 2. The molecule has 6 nitrogen and oxygen atoms in total. The fourth-order valence-corrected chi connectivity index (χ4v) is 3.00. The summed E-state index contributed by atoms with van der Waals surface area (Å²) in [5.74, 6) is -0.212. The summed E-state index contributed by atoms with van der Waals surface area (Å²) in [6.07, 6.45) is 2.60. The van der Waals surface area contributed by atoms with Crippen molar-refractivity contribution in [1.82, 2.24) is 9.55 Å². The van der Waals surface area contributed by atoms with Gasteiger partial charge in [-0.15, -0.1) is 0 Å². The van der Waals surface area contributed by atoms with Crippen molar-refractivity contribution in [2.45, 2.75) is 25.7 Å². The van der Waals surface area contributed by atoms with E-state index in [1.54, 1.807) is 18.2 Å². The number of methoxy groups -OCH3 is 1. The highest BCUT2D eigenvalue weighted by atomic mass is 19.1. The van der Waals surface area contributed by atoms with E-state index >= 15 is 0 Å². The number of hydrogen-bond donors (Lipinski definition) is 0. The summed E-state index contributed by atoms with van der Waals surface area (Å²) in [6.45, 7) is 0. The van der Waals surface area contributed by atoms with Gasteiger partial charge in [0.25, 0.3) is 5.56 Å². The van der Waals surface area contributed by atoms with Crippen LogP contribution in [-0.2, 0) is 16.0 Å². The first-order chi connectivity index (χ1) is 13.5. The van der Waals surface area contributed by atoms with Gasteiger partial charge in [0.2, 0.25) is 0 Å². The normalized spacial score (nSPS) is 10.8. The topological polar surface area (TPSA) is 78.3 Å². The van der Waals surface area contributed by atoms with Gasteiger partial charge in [0.05, 0.1) is 23.7 Å². The molecule has 1 aromatic heterocycles. The van der Waals surface area contributed by atoms with E-state index < -0.39 is 5.82 Å². The molecule has 0 N–H and O–H groups in total. The van der Waals surface area contributed by atoms with Crippen LogP contribution >= 0.6 is 0 Å². The molecule has 3 rings (SSSR count). The smallest absolute Gasteiger partial charge is 0.305 e. The second-order valence-electron chi connectivity index (χ2n) is 6.32. The zero-order chi connectivity index (χ0) is 20.1. The molecule has 0 amide bonds. The molecule has 0 atom stereocenters. The first-order valence-corrected chi connectivity index (χ1v) is 8.87. The molecule has 0 aliphatic rings. The van der Waals surface area contributed by atoms with E-state index in [4.69, 9.17) is 0 Å². The number of aryl methyl sites for hydroxylation is 1. The molecule has 0 saturated carbocycles. The quantitative estimate of drug-likeness (QED) is 0.356. The highest BCUT2D eigenvalue weighted by Crippen LogP contribution is 2.17. The van der Waals surface area contributed by atoms with E-state index in [1.165, 1.54) is 35.9 Å². The number of unbranched alkanes of at least 4 members (excludes halogenated alkanes) is 1. The SMILES string of the molecule is COC(=O)CCCCc1nc2cc(C=O)ccc2c(=O)n1-c1ccc(F)cc1. The van der Waals surface area contributed by atoms with Gasteiger partial charge in [-0.2, -0.15) is 0 Å². The van der Waals surface area contributed by atoms with Gasteiger partial charge in [-0.1, -0.05) is 6.07 Å². The van der Waals surface area contributed by atoms with E-state index in [0.717, 1.165) is 0 Å². The molecule has 1 heterocycles. The highest BCUT2D eigenvalue weighted by Gasteiger charge is 2.14. The number of fused-ring (bicyclic) bond motifs is 1. The number of aldehydes is 1. The largest absolute Gasteiger partial charge is 0.469 e. The zero-order valence-electron chi connectivity index (χ0n) is 15.4. The summed E-state index contributed by atoms with van der Waals surface area (Å²) in [6, 6.07) is 10.3. The number of hydrogen-bond acceptors (Lipinski definition) is 5. The molecular weight excluding hydrogens is 363 g/mol. The van der Waals surface area contributed by atoms with Gasteiger partial charge in [0.15, 0.2) is 0 Å². The molecular formula is C21H19FN2O4. The minimum absolute atomic E-state index is 0.278. The molecule has 7 heteroatoms. The molecule has 144 valence electrons. The number of carbonyl (C=O) groups is 2. The van der Waals surface area contributed by atoms with Crippen LogP contribution in [0.5, 0.6) is 0 Å². The molecule has 0 bridgehead atoms. The summed E-state index contributed by atoms with van der Waals surface area (Å²) < 4.78 is 19.4. The Morgan fingerprint density at radius 1 is 1.18 bits per heavy atom. The van der Waals surface area contributed by atoms with Gasteiger partial charge in [-0.25, -0.2) is 9.37 Å². The third kappa shape index (κ3) is 4.14. The van der Waals surface area contributed by atoms with Crippen molar-refractivity contribution in [1.29, 1.82) is 0 Å². The second-order valence-corrected chi connectivity index (χ2v) is 6.32. The van der Waals surface area contributed by atoms with Gasteiger partial charge in [-0.3, -0.25) is 19.0 Å². The predicted molar refractivity (Wildman–Crippen MR) is 102 cm³/mol. The van der Waals surface area contributed by atoms with Gasteiger partial charge in [0, 0.05) is 18.4 Å². The first-order valence-electron chi connectivity index (χ1n) is 8.87. The average Bonchev–Trinajstić information content (AvgIpc) is 2.71. The average molecular weight is 382 g/mol. The summed E-state index contributed by atoms with van der Waals surface area (Å²) in [5, 5.41) is 0.369. The van der Waals surface area contributed by atoms with Crippen LogP contribution in [0.1, 0.15) is 35.4 Å². The Hall–Kier alpha value is -3.35. The van der Waals surface area contributed by atoms with E-state index in [9.17, 15) is 18.8 Å². The predicted octanol–water partition coefficient (Wildman–Crippen LogP) is 3.22. The number of benzene rings is 2. The van der Waals surface area contributed by atoms with Crippen molar-refractivity contribution in [2.24, 2.45) is 0 Å². The lowest BCUT2D eigenvalue weighted by molar-refractivity contribution is -0.140. The Kier molecular flexibility index (Phi) is 5.93. The fourth-order valence-electron chi connectivity index (χ4n) is 3.00. The Balaban J connectivity index is 2.05. The summed E-state index contributed by atoms with van der Waals surface area (Å²) in [5.41, 5.74) is 1.06. The first kappa shape index (κ1) is 19.4. The standard InChI is InChI=1S/C21H19FN2O4/c1-28-20(26)5-3-2-4-19-23-18-12-14(13-25)6-11-17(18)21(27)24(19)16-9-7-15(22)8-10-16/h6-13H,2-5H2,1H3. The molecule has 0 aliphatic carbocycles. The molecule has 0 spiro atoms. The number of carbonyl (C=O) groups excluding carboxylic acids is 2. The van der Waals surface area contributed by atoms with Crippen molar-refractivity contribution in [2.75, 3.05) is 7.11 Å². The van der Waals surface area contributed by atoms with Gasteiger partial charge >= 0.3 is 5.97 Å². The zero-order valence-corrected chi connectivity index (χ0v) is 15.4. The molecule has 0 radical (unpaired) electrons. The summed E-state index contributed by atoms with van der Waals surface area (Å²) in [7, 11) is 1.34. The van der Waals surface area contributed by atoms with Crippen molar-refractivity contribution in [3.63, 3.8) is 0 Å². The van der Waals surface area contributed by atoms with Crippen LogP contribution in [-0.4, -0.2) is 28.9 Å². The summed E-state index contributed by atoms with van der Waals surface area (Å²) >= 11 is 0. The molecule has 0 aliphatic heterocycles. The fraction of sp³-hybridized carbons (Fsp3) is 0.238. The van der Waals surface area contributed by atoms with Crippen molar-refractivity contribution in [3.8, 4) is 5.69 Å². The molecule has 2 aromatic carbocycles. The van der Waals surface area contributed by atoms with Crippen LogP contribution in [0.2, 0.25) is 0 Å². The molecule has 0 fully saturated rings. The third-order valence-electron chi connectivity index (χ3n) is 4.44. The lowest BCUT2D eigenvalue weighted by atomic mass is 10.1. The van der Waals surface area contributed by atoms with Gasteiger partial charge < -0.3 is 4.74 Å². The minimum atomic E-state index is -0.402. The van der Waals surface area contributed by atoms with Crippen molar-refractivity contribution < 1.29 is 18.7 Å². The summed E-state index contributed by atoms with van der Waals surface area (Å²) in [4.78, 5) is 40.0. The maximum absolute atomic E-state index is 13.3. The van der Waals surface area contributed by atoms with Gasteiger partial charge in [0.1, 0.15) is 17.9 Å². The van der Waals surface area contributed by atoms with Crippen LogP contribution in [0.3, 0.4) is 0 Å². The Morgan fingerprint density at radius 2 is 1.93 bits per heavy atom. The Morgan fingerprint density at radius 3 is 2.61 bits per heavy atom. The lowest BCUT2D eigenvalue weighted by Gasteiger charge is -2.14. The minimum Gasteiger partial charge on any atom is -0.469 e. The van der Waals surface area contributed by atoms with Gasteiger partial charge in [-0.05, 0) is 49.2 Å². The van der Waals surface area contributed by atoms with Crippen molar-refractivity contribution >= 4 is 23.2 Å². The van der Waals surface area contributed by atoms with E-state index in [0.29, 0.717) is 53.5 Å². The molecule has 0 unspecified atom stereocenters. The molecule has 3 aromatic rings. The number of esters is 1. The van der Waals surface area contributed by atoms with Crippen LogP contribution < -0.4 is 5.56 Å². The van der Waals surface area contributed by atoms with Crippen molar-refractivity contribution in [3.05, 3.63) is 70.0 Å². The highest BCUT2D eigenvalue weighted by molar-refractivity contribution is 5.86. The Bertz CT molecular complexity index is 1070. The van der Waals surface area contributed by atoms with Crippen LogP contribution in [0, 0.1) is 5.82 Å². The number of aromatic nitrogens is 2. The third-order valence-corrected chi connectivity index (χ3v) is 4.44. The number of halogens is 1. The Labute approximate surface area is 160 Å². The number of rotatable bonds is 7. The van der Waals surface area contributed by atoms with E-state index in [1.807, 2.05) is 0 Å².